The zero-order chi connectivity index (χ0) is 16.8. The zero-order valence-electron chi connectivity index (χ0n) is 13.7. The van der Waals surface area contributed by atoms with Crippen LogP contribution in [0, 0.1) is 0 Å². The molecule has 0 radical (unpaired) electrons. The van der Waals surface area contributed by atoms with Gasteiger partial charge in [0.1, 0.15) is 5.75 Å². The first-order valence-corrected chi connectivity index (χ1v) is 8.35. The molecule has 0 unspecified atom stereocenters. The summed E-state index contributed by atoms with van der Waals surface area (Å²) in [7, 11) is 1.54. The second-order valence-electron chi connectivity index (χ2n) is 5.62. The zero-order valence-corrected chi connectivity index (χ0v) is 14.4. The molecular weight excluding hydrogens is 316 g/mol. The Bertz CT molecular complexity index is 577. The van der Waals surface area contributed by atoms with Crippen molar-refractivity contribution in [1.82, 2.24) is 9.80 Å². The minimum Gasteiger partial charge on any atom is -0.496 e. The van der Waals surface area contributed by atoms with Crippen molar-refractivity contribution in [2.75, 3.05) is 33.3 Å². The molecule has 1 saturated heterocycles. The number of carbonyl (C=O) groups excluding carboxylic acids is 2. The van der Waals surface area contributed by atoms with Gasteiger partial charge >= 0.3 is 0 Å². The van der Waals surface area contributed by atoms with E-state index in [9.17, 15) is 9.59 Å². The van der Waals surface area contributed by atoms with Crippen LogP contribution in [0.3, 0.4) is 0 Å². The van der Waals surface area contributed by atoms with Crippen molar-refractivity contribution >= 4 is 23.4 Å². The Morgan fingerprint density at radius 1 is 1.17 bits per heavy atom. The average Bonchev–Trinajstić information content (AvgIpc) is 2.80. The summed E-state index contributed by atoms with van der Waals surface area (Å²) in [6.07, 6.45) is 2.19. The summed E-state index contributed by atoms with van der Waals surface area (Å²) in [5.74, 6) is 0.582. The fourth-order valence-corrected chi connectivity index (χ4v) is 2.93. The molecule has 0 atom stereocenters. The molecule has 126 valence electrons. The van der Waals surface area contributed by atoms with E-state index in [4.69, 9.17) is 16.3 Å². The normalized spacial score (nSPS) is 15.3. The highest BCUT2D eigenvalue weighted by molar-refractivity contribution is 6.31. The molecule has 0 N–H and O–H groups in total. The number of halogens is 1. The fourth-order valence-electron chi connectivity index (χ4n) is 2.76. The number of ether oxygens (including phenoxy) is 1. The van der Waals surface area contributed by atoms with Gasteiger partial charge in [0.2, 0.25) is 5.91 Å². The molecule has 1 aromatic carbocycles. The van der Waals surface area contributed by atoms with Gasteiger partial charge in [-0.25, -0.2) is 0 Å². The van der Waals surface area contributed by atoms with E-state index in [0.717, 1.165) is 12.8 Å². The van der Waals surface area contributed by atoms with Gasteiger partial charge in [0.05, 0.1) is 12.7 Å². The maximum Gasteiger partial charge on any atom is 0.257 e. The third kappa shape index (κ3) is 4.38. The van der Waals surface area contributed by atoms with Crippen molar-refractivity contribution in [3.05, 3.63) is 28.8 Å². The van der Waals surface area contributed by atoms with Gasteiger partial charge < -0.3 is 14.5 Å². The lowest BCUT2D eigenvalue weighted by Gasteiger charge is -2.23. The first-order valence-electron chi connectivity index (χ1n) is 7.97. The maximum absolute atomic E-state index is 12.8. The van der Waals surface area contributed by atoms with Crippen LogP contribution in [0.5, 0.6) is 5.75 Å². The molecule has 0 saturated carbocycles. The predicted octanol–water partition coefficient (Wildman–Crippen LogP) is 2.82. The molecule has 2 amide bonds. The van der Waals surface area contributed by atoms with Crippen LogP contribution in [0.1, 0.15) is 36.5 Å². The van der Waals surface area contributed by atoms with Crippen LogP contribution in [0.25, 0.3) is 0 Å². The van der Waals surface area contributed by atoms with Gasteiger partial charge in [0.15, 0.2) is 0 Å². The molecule has 1 fully saturated rings. The number of carbonyl (C=O) groups is 2. The summed E-state index contributed by atoms with van der Waals surface area (Å²) >= 11 is 6.01. The lowest BCUT2D eigenvalue weighted by atomic mass is 10.1. The van der Waals surface area contributed by atoms with Gasteiger partial charge in [0.25, 0.3) is 5.91 Å². The Morgan fingerprint density at radius 3 is 2.57 bits per heavy atom. The SMILES string of the molecule is CCCC(=O)N1CCCN(C(=O)c2cc(Cl)ccc2OC)CC1. The minimum atomic E-state index is -0.103. The molecule has 6 heteroatoms. The lowest BCUT2D eigenvalue weighted by Crippen LogP contribution is -2.37. The van der Waals surface area contributed by atoms with E-state index in [1.165, 1.54) is 7.11 Å². The number of nitrogens with zero attached hydrogens (tertiary/aromatic N) is 2. The molecule has 1 aliphatic rings. The van der Waals surface area contributed by atoms with Crippen molar-refractivity contribution in [1.29, 1.82) is 0 Å². The number of rotatable bonds is 4. The van der Waals surface area contributed by atoms with E-state index >= 15 is 0 Å². The number of hydrogen-bond acceptors (Lipinski definition) is 3. The lowest BCUT2D eigenvalue weighted by molar-refractivity contribution is -0.131. The topological polar surface area (TPSA) is 49.9 Å². The Kier molecular flexibility index (Phi) is 6.28. The number of amides is 2. The quantitative estimate of drug-likeness (QED) is 0.848. The van der Waals surface area contributed by atoms with Crippen molar-refractivity contribution in [2.24, 2.45) is 0 Å². The summed E-state index contributed by atoms with van der Waals surface area (Å²) in [4.78, 5) is 28.4. The molecule has 0 aromatic heterocycles. The third-order valence-electron chi connectivity index (χ3n) is 3.99. The first kappa shape index (κ1) is 17.6. The molecular formula is C17H23ClN2O3. The van der Waals surface area contributed by atoms with Gasteiger partial charge in [-0.3, -0.25) is 9.59 Å². The van der Waals surface area contributed by atoms with Crippen molar-refractivity contribution in [3.8, 4) is 5.75 Å². The van der Waals surface area contributed by atoms with Crippen LogP contribution in [0.2, 0.25) is 5.02 Å². The Balaban J connectivity index is 2.09. The number of hydrogen-bond donors (Lipinski definition) is 0. The highest BCUT2D eigenvalue weighted by Crippen LogP contribution is 2.24. The van der Waals surface area contributed by atoms with E-state index in [2.05, 4.69) is 0 Å². The van der Waals surface area contributed by atoms with E-state index in [1.54, 1.807) is 23.1 Å². The van der Waals surface area contributed by atoms with Gasteiger partial charge in [-0.2, -0.15) is 0 Å². The highest BCUT2D eigenvalue weighted by atomic mass is 35.5. The molecule has 0 spiro atoms. The van der Waals surface area contributed by atoms with Crippen LogP contribution >= 0.6 is 11.6 Å². The standard InChI is InChI=1S/C17H23ClN2O3/c1-3-5-16(21)19-8-4-9-20(11-10-19)17(22)14-12-13(18)6-7-15(14)23-2/h6-7,12H,3-5,8-11H2,1-2H3. The second kappa shape index (κ2) is 8.20. The van der Waals surface area contributed by atoms with Crippen LogP contribution in [0.4, 0.5) is 0 Å². The van der Waals surface area contributed by atoms with E-state index in [0.29, 0.717) is 48.9 Å². The van der Waals surface area contributed by atoms with E-state index < -0.39 is 0 Å². The van der Waals surface area contributed by atoms with Crippen molar-refractivity contribution in [3.63, 3.8) is 0 Å². The van der Waals surface area contributed by atoms with Crippen LogP contribution in [0.15, 0.2) is 18.2 Å². The second-order valence-corrected chi connectivity index (χ2v) is 6.06. The number of methoxy groups -OCH3 is 1. The van der Waals surface area contributed by atoms with Gasteiger partial charge in [-0.1, -0.05) is 18.5 Å². The third-order valence-corrected chi connectivity index (χ3v) is 4.23. The van der Waals surface area contributed by atoms with Crippen LogP contribution in [-0.4, -0.2) is 54.9 Å². The Labute approximate surface area is 142 Å². The summed E-state index contributed by atoms with van der Waals surface area (Å²) < 4.78 is 5.26. The molecule has 0 aliphatic carbocycles. The van der Waals surface area contributed by atoms with Crippen LogP contribution in [-0.2, 0) is 4.79 Å². The highest BCUT2D eigenvalue weighted by Gasteiger charge is 2.24. The molecule has 23 heavy (non-hydrogen) atoms. The monoisotopic (exact) mass is 338 g/mol. The van der Waals surface area contributed by atoms with Crippen molar-refractivity contribution < 1.29 is 14.3 Å². The minimum absolute atomic E-state index is 0.103. The predicted molar refractivity (Wildman–Crippen MR) is 90.0 cm³/mol. The molecule has 5 nitrogen and oxygen atoms in total. The Hall–Kier alpha value is -1.75. The maximum atomic E-state index is 12.8. The Morgan fingerprint density at radius 2 is 1.87 bits per heavy atom. The van der Waals surface area contributed by atoms with E-state index in [1.807, 2.05) is 11.8 Å². The van der Waals surface area contributed by atoms with Crippen molar-refractivity contribution in [2.45, 2.75) is 26.2 Å². The largest absolute Gasteiger partial charge is 0.496 e. The molecule has 1 aliphatic heterocycles. The van der Waals surface area contributed by atoms with Crippen LogP contribution < -0.4 is 4.74 Å². The molecule has 1 aromatic rings. The van der Waals surface area contributed by atoms with Gasteiger partial charge in [-0.15, -0.1) is 0 Å². The molecule has 2 rings (SSSR count). The summed E-state index contributed by atoms with van der Waals surface area (Å²) in [6.45, 7) is 4.44. The van der Waals surface area contributed by atoms with Gasteiger partial charge in [0, 0.05) is 37.6 Å². The first-order chi connectivity index (χ1) is 11.1. The average molecular weight is 339 g/mol. The number of benzene rings is 1. The van der Waals surface area contributed by atoms with Gasteiger partial charge in [-0.05, 0) is 31.0 Å². The fraction of sp³-hybridized carbons (Fsp3) is 0.529. The van der Waals surface area contributed by atoms with E-state index in [-0.39, 0.29) is 11.8 Å². The molecule has 1 heterocycles. The summed E-state index contributed by atoms with van der Waals surface area (Å²) in [6, 6.07) is 5.03. The molecule has 0 bridgehead atoms. The summed E-state index contributed by atoms with van der Waals surface area (Å²) in [5, 5.41) is 0.503. The summed E-state index contributed by atoms with van der Waals surface area (Å²) in [5.41, 5.74) is 0.466. The smallest absolute Gasteiger partial charge is 0.257 e.